The average Bonchev–Trinajstić information content (AvgIpc) is 3.00. The molecule has 148 valence electrons. The molecule has 3 aromatic rings. The number of piperidine rings is 1. The number of fused-ring (bicyclic) bond motifs is 1. The van der Waals surface area contributed by atoms with E-state index in [1.165, 1.54) is 10.1 Å². The molecule has 1 aromatic heterocycles. The van der Waals surface area contributed by atoms with Crippen LogP contribution in [0, 0.1) is 5.92 Å². The molecule has 1 N–H and O–H groups in total. The molecule has 1 atom stereocenters. The third-order valence-electron chi connectivity index (χ3n) is 5.72. The van der Waals surface area contributed by atoms with Crippen LogP contribution in [0.4, 0.5) is 0 Å². The number of aromatic nitrogens is 2. The van der Waals surface area contributed by atoms with Crippen molar-refractivity contribution in [2.45, 2.75) is 38.8 Å². The Morgan fingerprint density at radius 3 is 2.50 bits per heavy atom. The van der Waals surface area contributed by atoms with E-state index in [2.05, 4.69) is 29.3 Å². The van der Waals surface area contributed by atoms with E-state index in [-0.39, 0.29) is 5.69 Å². The van der Waals surface area contributed by atoms with Crippen LogP contribution in [0.25, 0.3) is 11.0 Å². The standard InChI is InChI=1S/C22H26ClN3O2/c1-2-21(27)25-20-15-18(23)8-9-19(20)26(22(25)28)24-12-10-17(11-13-24)14-16-6-4-3-5-7-16/h3-9,15,17,21,27H,2,10-14H2,1H3. The predicted octanol–water partition coefficient (Wildman–Crippen LogP) is 3.95. The van der Waals surface area contributed by atoms with Crippen LogP contribution in [0.5, 0.6) is 0 Å². The van der Waals surface area contributed by atoms with Crippen molar-refractivity contribution in [1.29, 1.82) is 0 Å². The summed E-state index contributed by atoms with van der Waals surface area (Å²) in [6.45, 7) is 3.50. The molecular weight excluding hydrogens is 374 g/mol. The van der Waals surface area contributed by atoms with Gasteiger partial charge in [0, 0.05) is 18.1 Å². The lowest BCUT2D eigenvalue weighted by atomic mass is 9.91. The topological polar surface area (TPSA) is 50.4 Å². The van der Waals surface area contributed by atoms with Gasteiger partial charge in [-0.05, 0) is 55.4 Å². The second kappa shape index (κ2) is 8.02. The van der Waals surface area contributed by atoms with Crippen LogP contribution in [0.15, 0.2) is 53.3 Å². The molecule has 5 nitrogen and oxygen atoms in total. The second-order valence-corrected chi connectivity index (χ2v) is 8.01. The maximum absolute atomic E-state index is 13.2. The number of rotatable bonds is 5. The molecule has 0 amide bonds. The number of nitrogens with zero attached hydrogens (tertiary/aromatic N) is 3. The molecule has 0 bridgehead atoms. The summed E-state index contributed by atoms with van der Waals surface area (Å²) >= 11 is 6.16. The Morgan fingerprint density at radius 1 is 1.11 bits per heavy atom. The van der Waals surface area contributed by atoms with Crippen molar-refractivity contribution in [2.75, 3.05) is 18.1 Å². The minimum absolute atomic E-state index is 0.201. The quantitative estimate of drug-likeness (QED) is 0.706. The van der Waals surface area contributed by atoms with Crippen LogP contribution in [0.1, 0.15) is 38.0 Å². The SMILES string of the molecule is CCC(O)n1c(=O)n(N2CCC(Cc3ccccc3)CC2)c2ccc(Cl)cc21. The zero-order valence-corrected chi connectivity index (χ0v) is 16.8. The summed E-state index contributed by atoms with van der Waals surface area (Å²) in [5.41, 5.74) is 2.64. The summed E-state index contributed by atoms with van der Waals surface area (Å²) in [5.74, 6) is 0.623. The van der Waals surface area contributed by atoms with Crippen LogP contribution in [0.3, 0.4) is 0 Å². The Bertz CT molecular complexity index is 1000. The van der Waals surface area contributed by atoms with Gasteiger partial charge < -0.3 is 10.1 Å². The summed E-state index contributed by atoms with van der Waals surface area (Å²) < 4.78 is 3.18. The second-order valence-electron chi connectivity index (χ2n) is 7.57. The minimum atomic E-state index is -0.856. The van der Waals surface area contributed by atoms with Gasteiger partial charge in [0.15, 0.2) is 0 Å². The van der Waals surface area contributed by atoms with Crippen molar-refractivity contribution in [3.8, 4) is 0 Å². The van der Waals surface area contributed by atoms with Crippen LogP contribution in [0.2, 0.25) is 5.02 Å². The maximum Gasteiger partial charge on any atom is 0.350 e. The van der Waals surface area contributed by atoms with Gasteiger partial charge in [0.2, 0.25) is 0 Å². The van der Waals surface area contributed by atoms with Gasteiger partial charge in [-0.1, -0.05) is 48.9 Å². The molecule has 1 fully saturated rings. The van der Waals surface area contributed by atoms with Crippen LogP contribution in [-0.4, -0.2) is 27.4 Å². The molecule has 2 aromatic carbocycles. The lowest BCUT2D eigenvalue weighted by Gasteiger charge is -2.34. The Kier molecular flexibility index (Phi) is 5.47. The Hall–Kier alpha value is -2.24. The van der Waals surface area contributed by atoms with Crippen molar-refractivity contribution in [1.82, 2.24) is 9.24 Å². The van der Waals surface area contributed by atoms with Gasteiger partial charge in [-0.3, -0.25) is 4.57 Å². The Labute approximate surface area is 169 Å². The Morgan fingerprint density at radius 2 is 1.82 bits per heavy atom. The number of aliphatic hydroxyl groups is 1. The summed E-state index contributed by atoms with van der Waals surface area (Å²) in [4.78, 5) is 13.2. The molecule has 0 radical (unpaired) electrons. The summed E-state index contributed by atoms with van der Waals surface area (Å²) in [6, 6.07) is 16.0. The predicted molar refractivity (Wildman–Crippen MR) is 114 cm³/mol. The number of hydrogen-bond acceptors (Lipinski definition) is 3. The van der Waals surface area contributed by atoms with Crippen molar-refractivity contribution >= 4 is 22.6 Å². The highest BCUT2D eigenvalue weighted by molar-refractivity contribution is 6.31. The molecule has 0 saturated carbocycles. The van der Waals surface area contributed by atoms with Crippen molar-refractivity contribution in [3.63, 3.8) is 0 Å². The highest BCUT2D eigenvalue weighted by Crippen LogP contribution is 2.25. The molecular formula is C22H26ClN3O2. The zero-order chi connectivity index (χ0) is 19.7. The first-order valence-electron chi connectivity index (χ1n) is 9.98. The van der Waals surface area contributed by atoms with E-state index in [1.807, 2.05) is 19.1 Å². The molecule has 1 saturated heterocycles. The molecule has 2 heterocycles. The Balaban J connectivity index is 1.60. The van der Waals surface area contributed by atoms with Gasteiger partial charge in [-0.25, -0.2) is 9.47 Å². The average molecular weight is 400 g/mol. The van der Waals surface area contributed by atoms with Gasteiger partial charge in [-0.2, -0.15) is 0 Å². The largest absolute Gasteiger partial charge is 0.373 e. The first-order chi connectivity index (χ1) is 13.6. The van der Waals surface area contributed by atoms with E-state index < -0.39 is 6.23 Å². The van der Waals surface area contributed by atoms with Crippen LogP contribution < -0.4 is 10.7 Å². The molecule has 28 heavy (non-hydrogen) atoms. The summed E-state index contributed by atoms with van der Waals surface area (Å²) in [5, 5.41) is 13.1. The molecule has 1 aliphatic heterocycles. The molecule has 1 unspecified atom stereocenters. The first-order valence-corrected chi connectivity index (χ1v) is 10.4. The van der Waals surface area contributed by atoms with Gasteiger partial charge in [-0.15, -0.1) is 0 Å². The zero-order valence-electron chi connectivity index (χ0n) is 16.1. The fraction of sp³-hybridized carbons (Fsp3) is 0.409. The molecule has 1 aliphatic rings. The molecule has 0 spiro atoms. The lowest BCUT2D eigenvalue weighted by Crippen LogP contribution is -2.47. The van der Waals surface area contributed by atoms with Gasteiger partial charge in [0.05, 0.1) is 11.0 Å². The number of hydrogen-bond donors (Lipinski definition) is 1. The highest BCUT2D eigenvalue weighted by Gasteiger charge is 2.25. The van der Waals surface area contributed by atoms with E-state index in [9.17, 15) is 9.90 Å². The number of benzene rings is 2. The third kappa shape index (κ3) is 3.56. The lowest BCUT2D eigenvalue weighted by molar-refractivity contribution is 0.0996. The highest BCUT2D eigenvalue weighted by atomic mass is 35.5. The van der Waals surface area contributed by atoms with E-state index in [0.717, 1.165) is 37.9 Å². The number of imidazole rings is 1. The maximum atomic E-state index is 13.2. The normalized spacial score (nSPS) is 16.6. The van der Waals surface area contributed by atoms with Crippen LogP contribution >= 0.6 is 11.6 Å². The van der Waals surface area contributed by atoms with Gasteiger partial charge in [0.1, 0.15) is 6.23 Å². The molecule has 4 rings (SSSR count). The fourth-order valence-corrected chi connectivity index (χ4v) is 4.36. The minimum Gasteiger partial charge on any atom is -0.373 e. The van der Waals surface area contributed by atoms with Crippen LogP contribution in [-0.2, 0) is 6.42 Å². The van der Waals surface area contributed by atoms with E-state index in [0.29, 0.717) is 22.9 Å². The van der Waals surface area contributed by atoms with Gasteiger partial charge >= 0.3 is 5.69 Å². The van der Waals surface area contributed by atoms with E-state index >= 15 is 0 Å². The number of halogens is 1. The fourth-order valence-electron chi connectivity index (χ4n) is 4.19. The van der Waals surface area contributed by atoms with Crippen molar-refractivity contribution in [2.24, 2.45) is 5.92 Å². The van der Waals surface area contributed by atoms with E-state index in [4.69, 9.17) is 11.6 Å². The van der Waals surface area contributed by atoms with Gasteiger partial charge in [0.25, 0.3) is 0 Å². The third-order valence-corrected chi connectivity index (χ3v) is 5.95. The monoisotopic (exact) mass is 399 g/mol. The van der Waals surface area contributed by atoms with E-state index in [1.54, 1.807) is 16.8 Å². The first kappa shape index (κ1) is 19.1. The molecule has 0 aliphatic carbocycles. The smallest absolute Gasteiger partial charge is 0.350 e. The number of aliphatic hydroxyl groups excluding tert-OH is 1. The van der Waals surface area contributed by atoms with Crippen molar-refractivity contribution in [3.05, 3.63) is 69.6 Å². The summed E-state index contributed by atoms with van der Waals surface area (Å²) in [6.07, 6.45) is 2.76. The molecule has 6 heteroatoms. The summed E-state index contributed by atoms with van der Waals surface area (Å²) in [7, 11) is 0. The van der Waals surface area contributed by atoms with Crippen molar-refractivity contribution < 1.29 is 5.11 Å².